The third kappa shape index (κ3) is 5.17. The molecule has 1 heterocycles. The van der Waals surface area contributed by atoms with Crippen LogP contribution in [0.2, 0.25) is 0 Å². The molecule has 1 fully saturated rings. The molecule has 1 unspecified atom stereocenters. The molecule has 5 heteroatoms. The van der Waals surface area contributed by atoms with Crippen LogP contribution in [0.25, 0.3) is 0 Å². The second kappa shape index (κ2) is 8.39. The van der Waals surface area contributed by atoms with Crippen LogP contribution in [0.15, 0.2) is 36.4 Å². The number of rotatable bonds is 4. The Labute approximate surface area is 124 Å². The van der Waals surface area contributed by atoms with Crippen molar-refractivity contribution in [1.82, 2.24) is 4.90 Å². The maximum absolute atomic E-state index is 12.2. The molecule has 116 valence electrons. The predicted octanol–water partition coefficient (Wildman–Crippen LogP) is 3.85. The number of hydrogen-bond acceptors (Lipinski definition) is 2. The SMILES string of the molecule is CC.COc1ccc(CN2CC(C=C(F)F)CC2=O)cc1. The Morgan fingerprint density at radius 1 is 1.33 bits per heavy atom. The molecule has 0 aliphatic carbocycles. The van der Waals surface area contributed by atoms with Crippen LogP contribution in [0, 0.1) is 5.92 Å². The van der Waals surface area contributed by atoms with Crippen molar-refractivity contribution in [1.29, 1.82) is 0 Å². The quantitative estimate of drug-likeness (QED) is 0.845. The van der Waals surface area contributed by atoms with Gasteiger partial charge in [-0.2, -0.15) is 8.78 Å². The normalized spacial score (nSPS) is 17.1. The first kappa shape index (κ1) is 17.1. The molecule has 0 spiro atoms. The number of likely N-dealkylation sites (tertiary alicyclic amines) is 1. The zero-order valence-electron chi connectivity index (χ0n) is 12.6. The zero-order chi connectivity index (χ0) is 15.8. The molecule has 1 atom stereocenters. The molecule has 0 radical (unpaired) electrons. The summed E-state index contributed by atoms with van der Waals surface area (Å²) in [4.78, 5) is 13.3. The van der Waals surface area contributed by atoms with E-state index in [-0.39, 0.29) is 18.2 Å². The number of methoxy groups -OCH3 is 1. The summed E-state index contributed by atoms with van der Waals surface area (Å²) >= 11 is 0. The van der Waals surface area contributed by atoms with Crippen LogP contribution < -0.4 is 4.74 Å². The minimum absolute atomic E-state index is 0.0849. The summed E-state index contributed by atoms with van der Waals surface area (Å²) in [5, 5.41) is 0. The molecule has 1 amide bonds. The second-order valence-corrected chi connectivity index (χ2v) is 4.54. The van der Waals surface area contributed by atoms with Crippen molar-refractivity contribution in [3.05, 3.63) is 42.0 Å². The zero-order valence-corrected chi connectivity index (χ0v) is 12.6. The summed E-state index contributed by atoms with van der Waals surface area (Å²) < 4.78 is 29.4. The predicted molar refractivity (Wildman–Crippen MR) is 78.2 cm³/mol. The summed E-state index contributed by atoms with van der Waals surface area (Å²) in [5.74, 6) is 0.283. The van der Waals surface area contributed by atoms with E-state index in [4.69, 9.17) is 4.74 Å². The van der Waals surface area contributed by atoms with Gasteiger partial charge in [-0.3, -0.25) is 4.79 Å². The molecule has 1 aromatic rings. The van der Waals surface area contributed by atoms with E-state index in [0.717, 1.165) is 17.4 Å². The minimum Gasteiger partial charge on any atom is -0.497 e. The van der Waals surface area contributed by atoms with Crippen molar-refractivity contribution in [2.24, 2.45) is 5.92 Å². The van der Waals surface area contributed by atoms with Gasteiger partial charge in [-0.05, 0) is 23.8 Å². The number of ether oxygens (including phenoxy) is 1. The van der Waals surface area contributed by atoms with E-state index >= 15 is 0 Å². The van der Waals surface area contributed by atoms with Crippen molar-refractivity contribution in [2.45, 2.75) is 26.8 Å². The molecule has 2 rings (SSSR count). The smallest absolute Gasteiger partial charge is 0.266 e. The van der Waals surface area contributed by atoms with Gasteiger partial charge in [0.1, 0.15) is 5.75 Å². The van der Waals surface area contributed by atoms with Crippen LogP contribution in [-0.2, 0) is 11.3 Å². The van der Waals surface area contributed by atoms with Crippen LogP contribution in [0.5, 0.6) is 5.75 Å². The van der Waals surface area contributed by atoms with Gasteiger partial charge < -0.3 is 9.64 Å². The average molecular weight is 297 g/mol. The Bertz CT molecular complexity index is 482. The molecule has 1 aliphatic heterocycles. The Hall–Kier alpha value is -1.91. The highest BCUT2D eigenvalue weighted by molar-refractivity contribution is 5.79. The summed E-state index contributed by atoms with van der Waals surface area (Å²) in [5.41, 5.74) is 0.958. The van der Waals surface area contributed by atoms with Crippen LogP contribution in [0.4, 0.5) is 8.78 Å². The third-order valence-corrected chi connectivity index (χ3v) is 3.14. The van der Waals surface area contributed by atoms with E-state index in [1.54, 1.807) is 12.0 Å². The molecule has 0 aromatic heterocycles. The van der Waals surface area contributed by atoms with Crippen LogP contribution in [0.1, 0.15) is 25.8 Å². The Kier molecular flexibility index (Phi) is 6.85. The van der Waals surface area contributed by atoms with E-state index in [9.17, 15) is 13.6 Å². The fraction of sp³-hybridized carbons (Fsp3) is 0.438. The summed E-state index contributed by atoms with van der Waals surface area (Å²) in [7, 11) is 1.58. The third-order valence-electron chi connectivity index (χ3n) is 3.14. The first-order chi connectivity index (χ1) is 10.1. The number of hydrogen-bond donors (Lipinski definition) is 0. The highest BCUT2D eigenvalue weighted by atomic mass is 19.3. The molecular formula is C16H21F2NO2. The number of nitrogens with zero attached hydrogens (tertiary/aromatic N) is 1. The molecule has 3 nitrogen and oxygen atoms in total. The Balaban J connectivity index is 0.00000106. The molecule has 0 saturated carbocycles. The minimum atomic E-state index is -1.72. The largest absolute Gasteiger partial charge is 0.497 e. The Morgan fingerprint density at radius 3 is 2.48 bits per heavy atom. The van der Waals surface area contributed by atoms with Gasteiger partial charge in [0, 0.05) is 25.4 Å². The lowest BCUT2D eigenvalue weighted by Crippen LogP contribution is -2.24. The Morgan fingerprint density at radius 2 is 1.95 bits per heavy atom. The molecule has 1 saturated heterocycles. The number of amides is 1. The first-order valence-corrected chi connectivity index (χ1v) is 7.02. The van der Waals surface area contributed by atoms with Gasteiger partial charge in [0.15, 0.2) is 0 Å². The van der Waals surface area contributed by atoms with Crippen molar-refractivity contribution >= 4 is 5.91 Å². The molecule has 0 bridgehead atoms. The summed E-state index contributed by atoms with van der Waals surface area (Å²) in [6.07, 6.45) is -0.691. The van der Waals surface area contributed by atoms with E-state index < -0.39 is 6.08 Å². The van der Waals surface area contributed by atoms with Gasteiger partial charge in [-0.15, -0.1) is 0 Å². The van der Waals surface area contributed by atoms with Crippen molar-refractivity contribution in [3.8, 4) is 5.75 Å². The maximum atomic E-state index is 12.2. The average Bonchev–Trinajstić information content (AvgIpc) is 2.81. The van der Waals surface area contributed by atoms with Crippen molar-refractivity contribution in [2.75, 3.05) is 13.7 Å². The molecule has 0 N–H and O–H groups in total. The standard InChI is InChI=1S/C14H15F2NO2.C2H6/c1-19-12-4-2-10(3-5-12)8-17-9-11(6-13(15)16)7-14(17)18;1-2/h2-6,11H,7-9H2,1H3;1-2H3. The monoisotopic (exact) mass is 297 g/mol. The van der Waals surface area contributed by atoms with Gasteiger partial charge in [0.05, 0.1) is 7.11 Å². The number of carbonyl (C=O) groups is 1. The van der Waals surface area contributed by atoms with E-state index in [1.165, 1.54) is 0 Å². The van der Waals surface area contributed by atoms with Gasteiger partial charge in [0.2, 0.25) is 5.91 Å². The fourth-order valence-corrected chi connectivity index (χ4v) is 2.20. The molecule has 1 aromatic carbocycles. The highest BCUT2D eigenvalue weighted by Gasteiger charge is 2.28. The van der Waals surface area contributed by atoms with Crippen molar-refractivity contribution in [3.63, 3.8) is 0 Å². The van der Waals surface area contributed by atoms with E-state index in [2.05, 4.69) is 0 Å². The lowest BCUT2D eigenvalue weighted by atomic mass is 10.1. The van der Waals surface area contributed by atoms with Gasteiger partial charge >= 0.3 is 0 Å². The second-order valence-electron chi connectivity index (χ2n) is 4.54. The number of carbonyl (C=O) groups excluding carboxylic acids is 1. The number of benzene rings is 1. The lowest BCUT2D eigenvalue weighted by Gasteiger charge is -2.16. The van der Waals surface area contributed by atoms with Gasteiger partial charge in [-0.1, -0.05) is 26.0 Å². The topological polar surface area (TPSA) is 29.5 Å². The first-order valence-electron chi connectivity index (χ1n) is 7.02. The highest BCUT2D eigenvalue weighted by Crippen LogP contribution is 2.23. The lowest BCUT2D eigenvalue weighted by molar-refractivity contribution is -0.128. The van der Waals surface area contributed by atoms with E-state index in [0.29, 0.717) is 13.1 Å². The fourth-order valence-electron chi connectivity index (χ4n) is 2.20. The van der Waals surface area contributed by atoms with Crippen LogP contribution >= 0.6 is 0 Å². The summed E-state index contributed by atoms with van der Waals surface area (Å²) in [6, 6.07) is 7.36. The number of halogens is 2. The maximum Gasteiger partial charge on any atom is 0.266 e. The van der Waals surface area contributed by atoms with Crippen LogP contribution in [0.3, 0.4) is 0 Å². The summed E-state index contributed by atoms with van der Waals surface area (Å²) in [6.45, 7) is 4.79. The van der Waals surface area contributed by atoms with E-state index in [1.807, 2.05) is 38.1 Å². The van der Waals surface area contributed by atoms with Gasteiger partial charge in [-0.25, -0.2) is 0 Å². The van der Waals surface area contributed by atoms with Crippen LogP contribution in [-0.4, -0.2) is 24.5 Å². The molecule has 1 aliphatic rings. The van der Waals surface area contributed by atoms with Crippen molar-refractivity contribution < 1.29 is 18.3 Å². The molecule has 21 heavy (non-hydrogen) atoms. The van der Waals surface area contributed by atoms with Gasteiger partial charge in [0.25, 0.3) is 6.08 Å². The molecular weight excluding hydrogens is 276 g/mol.